The molecule has 0 spiro atoms. The highest BCUT2D eigenvalue weighted by atomic mass is 16.5. The monoisotopic (exact) mass is 292 g/mol. The van der Waals surface area contributed by atoms with Crippen molar-refractivity contribution in [3.05, 3.63) is 28.8 Å². The third kappa shape index (κ3) is 4.19. The lowest BCUT2D eigenvalue weighted by atomic mass is 9.90. The third-order valence-electron chi connectivity index (χ3n) is 4.11. The highest BCUT2D eigenvalue weighted by Gasteiger charge is 2.21. The quantitative estimate of drug-likeness (QED) is 0.643. The Kier molecular flexibility index (Phi) is 6.49. The molecule has 0 saturated heterocycles. The second-order valence-electron chi connectivity index (χ2n) is 5.66. The van der Waals surface area contributed by atoms with Crippen LogP contribution in [0.4, 0.5) is 0 Å². The van der Waals surface area contributed by atoms with Gasteiger partial charge in [0, 0.05) is 24.8 Å². The first-order valence-electron chi connectivity index (χ1n) is 8.04. The number of rotatable bonds is 8. The van der Waals surface area contributed by atoms with Gasteiger partial charge >= 0.3 is 0 Å². The van der Waals surface area contributed by atoms with Crippen molar-refractivity contribution in [2.45, 2.75) is 45.2 Å². The van der Waals surface area contributed by atoms with E-state index in [0.29, 0.717) is 6.04 Å². The average Bonchev–Trinajstić information content (AvgIpc) is 2.51. The summed E-state index contributed by atoms with van der Waals surface area (Å²) >= 11 is 0. The lowest BCUT2D eigenvalue weighted by molar-refractivity contribution is 0.286. The molecule has 1 aliphatic heterocycles. The molecule has 0 amide bonds. The Morgan fingerprint density at radius 1 is 1.43 bits per heavy atom. The van der Waals surface area contributed by atoms with Crippen molar-refractivity contribution in [3.63, 3.8) is 0 Å². The van der Waals surface area contributed by atoms with Crippen LogP contribution in [0, 0.1) is 0 Å². The zero-order valence-corrected chi connectivity index (χ0v) is 13.2. The number of ether oxygens (including phenoxy) is 1. The zero-order chi connectivity index (χ0) is 15.1. The van der Waals surface area contributed by atoms with Gasteiger partial charge in [-0.1, -0.05) is 19.4 Å². The van der Waals surface area contributed by atoms with Crippen molar-refractivity contribution >= 4 is 0 Å². The molecule has 1 unspecified atom stereocenters. The topological polar surface area (TPSA) is 53.5 Å². The minimum absolute atomic E-state index is 0.235. The van der Waals surface area contributed by atoms with Gasteiger partial charge in [-0.15, -0.1) is 0 Å². The van der Waals surface area contributed by atoms with Gasteiger partial charge in [0.05, 0.1) is 7.11 Å². The Morgan fingerprint density at radius 3 is 3.00 bits per heavy atom. The Labute approximate surface area is 127 Å². The maximum absolute atomic E-state index is 8.83. The number of methoxy groups -OCH3 is 1. The van der Waals surface area contributed by atoms with E-state index in [1.807, 2.05) is 0 Å². The van der Waals surface area contributed by atoms with Gasteiger partial charge in [-0.3, -0.25) is 0 Å². The molecule has 0 aromatic heterocycles. The molecule has 0 radical (unpaired) electrons. The molecule has 1 aromatic carbocycles. The molecule has 1 aliphatic rings. The number of hydrogen-bond acceptors (Lipinski definition) is 4. The number of aliphatic hydroxyl groups is 1. The molecule has 1 atom stereocenters. The molecule has 21 heavy (non-hydrogen) atoms. The molecule has 4 heteroatoms. The number of benzene rings is 1. The van der Waals surface area contributed by atoms with E-state index in [1.165, 1.54) is 29.5 Å². The van der Waals surface area contributed by atoms with Crippen LogP contribution >= 0.6 is 0 Å². The standard InChI is InChI=1S/C17H28N2O2/c1-3-5-16-15-11-17(21-2)14(12-18-7-4-9-20)10-13(15)6-8-19-16/h10-11,16,18-20H,3-9,12H2,1-2H3. The summed E-state index contributed by atoms with van der Waals surface area (Å²) in [6.07, 6.45) is 4.23. The molecule has 0 bridgehead atoms. The Balaban J connectivity index is 2.15. The van der Waals surface area contributed by atoms with Crippen LogP contribution in [0.15, 0.2) is 12.1 Å². The van der Waals surface area contributed by atoms with E-state index in [0.717, 1.165) is 38.2 Å². The van der Waals surface area contributed by atoms with Crippen LogP contribution in [0.5, 0.6) is 5.75 Å². The maximum Gasteiger partial charge on any atom is 0.123 e. The molecule has 0 aliphatic carbocycles. The third-order valence-corrected chi connectivity index (χ3v) is 4.11. The van der Waals surface area contributed by atoms with Gasteiger partial charge in [0.15, 0.2) is 0 Å². The van der Waals surface area contributed by atoms with Gasteiger partial charge < -0.3 is 20.5 Å². The van der Waals surface area contributed by atoms with Gasteiger partial charge in [0.2, 0.25) is 0 Å². The molecular weight excluding hydrogens is 264 g/mol. The highest BCUT2D eigenvalue weighted by molar-refractivity contribution is 5.45. The zero-order valence-electron chi connectivity index (χ0n) is 13.2. The summed E-state index contributed by atoms with van der Waals surface area (Å²) in [5, 5.41) is 15.8. The molecule has 1 heterocycles. The lowest BCUT2D eigenvalue weighted by Gasteiger charge is -2.28. The van der Waals surface area contributed by atoms with E-state index in [4.69, 9.17) is 9.84 Å². The summed E-state index contributed by atoms with van der Waals surface area (Å²) in [6.45, 7) is 5.14. The minimum atomic E-state index is 0.235. The first-order chi connectivity index (χ1) is 10.3. The summed E-state index contributed by atoms with van der Waals surface area (Å²) in [4.78, 5) is 0. The van der Waals surface area contributed by atoms with Gasteiger partial charge in [0.1, 0.15) is 5.75 Å². The van der Waals surface area contributed by atoms with E-state index in [-0.39, 0.29) is 6.61 Å². The second kappa shape index (κ2) is 8.37. The molecule has 2 rings (SSSR count). The Bertz CT molecular complexity index is 449. The van der Waals surface area contributed by atoms with Crippen molar-refractivity contribution < 1.29 is 9.84 Å². The van der Waals surface area contributed by atoms with E-state index in [2.05, 4.69) is 29.7 Å². The Hall–Kier alpha value is -1.10. The van der Waals surface area contributed by atoms with Crippen LogP contribution < -0.4 is 15.4 Å². The second-order valence-corrected chi connectivity index (χ2v) is 5.66. The smallest absolute Gasteiger partial charge is 0.123 e. The summed E-state index contributed by atoms with van der Waals surface area (Å²) in [5.74, 6) is 0.968. The van der Waals surface area contributed by atoms with Crippen LogP contribution in [0.1, 0.15) is 48.9 Å². The number of hydrogen-bond donors (Lipinski definition) is 3. The summed E-state index contributed by atoms with van der Waals surface area (Å²) in [6, 6.07) is 4.97. The fourth-order valence-corrected chi connectivity index (χ4v) is 3.02. The fraction of sp³-hybridized carbons (Fsp3) is 0.647. The average molecular weight is 292 g/mol. The molecule has 4 nitrogen and oxygen atoms in total. The van der Waals surface area contributed by atoms with Crippen LogP contribution in [0.25, 0.3) is 0 Å². The molecular formula is C17H28N2O2. The van der Waals surface area contributed by atoms with Gasteiger partial charge in [-0.05, 0) is 49.5 Å². The SMILES string of the molecule is CCCC1NCCc2cc(CNCCCO)c(OC)cc21. The van der Waals surface area contributed by atoms with Gasteiger partial charge in [0.25, 0.3) is 0 Å². The fourth-order valence-electron chi connectivity index (χ4n) is 3.02. The van der Waals surface area contributed by atoms with E-state index in [9.17, 15) is 0 Å². The van der Waals surface area contributed by atoms with Crippen molar-refractivity contribution in [1.29, 1.82) is 0 Å². The van der Waals surface area contributed by atoms with E-state index in [1.54, 1.807) is 7.11 Å². The van der Waals surface area contributed by atoms with E-state index < -0.39 is 0 Å². The Morgan fingerprint density at radius 2 is 2.29 bits per heavy atom. The van der Waals surface area contributed by atoms with Gasteiger partial charge in [-0.25, -0.2) is 0 Å². The molecule has 118 valence electrons. The van der Waals surface area contributed by atoms with Crippen molar-refractivity contribution in [3.8, 4) is 5.75 Å². The summed E-state index contributed by atoms with van der Waals surface area (Å²) < 4.78 is 5.58. The van der Waals surface area contributed by atoms with Crippen LogP contribution in [0.3, 0.4) is 0 Å². The lowest BCUT2D eigenvalue weighted by Crippen LogP contribution is -2.30. The number of nitrogens with one attached hydrogen (secondary N) is 2. The minimum Gasteiger partial charge on any atom is -0.496 e. The molecule has 3 N–H and O–H groups in total. The predicted octanol–water partition coefficient (Wildman–Crippen LogP) is 2.15. The van der Waals surface area contributed by atoms with E-state index >= 15 is 0 Å². The predicted molar refractivity (Wildman–Crippen MR) is 85.8 cm³/mol. The highest BCUT2D eigenvalue weighted by Crippen LogP contribution is 2.32. The first-order valence-corrected chi connectivity index (χ1v) is 8.04. The molecule has 1 aromatic rings. The van der Waals surface area contributed by atoms with Crippen LogP contribution in [0.2, 0.25) is 0 Å². The molecule has 0 saturated carbocycles. The number of aliphatic hydroxyl groups excluding tert-OH is 1. The largest absolute Gasteiger partial charge is 0.496 e. The van der Waals surface area contributed by atoms with Crippen molar-refractivity contribution in [2.24, 2.45) is 0 Å². The van der Waals surface area contributed by atoms with Crippen LogP contribution in [-0.4, -0.2) is 31.9 Å². The van der Waals surface area contributed by atoms with Gasteiger partial charge in [-0.2, -0.15) is 0 Å². The van der Waals surface area contributed by atoms with Crippen molar-refractivity contribution in [2.75, 3.05) is 26.8 Å². The summed E-state index contributed by atoms with van der Waals surface area (Å²) in [5.41, 5.74) is 4.07. The summed E-state index contributed by atoms with van der Waals surface area (Å²) in [7, 11) is 1.74. The van der Waals surface area contributed by atoms with Crippen LogP contribution in [-0.2, 0) is 13.0 Å². The van der Waals surface area contributed by atoms with Crippen molar-refractivity contribution in [1.82, 2.24) is 10.6 Å². The molecule has 0 fully saturated rings. The normalized spacial score (nSPS) is 17.6. The maximum atomic E-state index is 8.83. The first kappa shape index (κ1) is 16.3. The number of fused-ring (bicyclic) bond motifs is 1.